The van der Waals surface area contributed by atoms with Gasteiger partial charge >= 0.3 is 12.0 Å². The lowest BCUT2D eigenvalue weighted by atomic mass is 10.2. The minimum absolute atomic E-state index is 0.0121. The van der Waals surface area contributed by atoms with Gasteiger partial charge in [0.15, 0.2) is 0 Å². The van der Waals surface area contributed by atoms with Crippen molar-refractivity contribution in [3.05, 3.63) is 0 Å². The third-order valence-electron chi connectivity index (χ3n) is 1.91. The fourth-order valence-electron chi connectivity index (χ4n) is 1.47. The van der Waals surface area contributed by atoms with Gasteiger partial charge in [-0.05, 0) is 12.8 Å². The van der Waals surface area contributed by atoms with Crippen molar-refractivity contribution in [3.63, 3.8) is 0 Å². The van der Waals surface area contributed by atoms with Gasteiger partial charge in [0.1, 0.15) is 0 Å². The molecule has 0 atom stereocenters. The van der Waals surface area contributed by atoms with E-state index >= 15 is 0 Å². The second-order valence-electron chi connectivity index (χ2n) is 4.28. The van der Waals surface area contributed by atoms with Crippen LogP contribution in [0.25, 0.3) is 0 Å². The minimum Gasteiger partial charge on any atom is -0.465 e. The van der Waals surface area contributed by atoms with E-state index in [0.717, 1.165) is 0 Å². The normalized spacial score (nSPS) is 10.5. The van der Waals surface area contributed by atoms with Gasteiger partial charge in [-0.15, -0.1) is 0 Å². The average Bonchev–Trinajstić information content (AvgIpc) is 2.14. The third kappa shape index (κ3) is 8.51. The topological polar surface area (TPSA) is 102 Å². The molecule has 0 saturated heterocycles. The first-order valence-electron chi connectivity index (χ1n) is 5.82. The maximum Gasteiger partial charge on any atom is 0.320 e. The molecule has 3 N–H and O–H groups in total. The number of nitrogens with one attached hydrogen (secondary N) is 1. The van der Waals surface area contributed by atoms with Crippen LogP contribution in [0.15, 0.2) is 0 Å². The number of amides is 3. The zero-order chi connectivity index (χ0) is 14.1. The van der Waals surface area contributed by atoms with Gasteiger partial charge in [-0.25, -0.2) is 4.79 Å². The van der Waals surface area contributed by atoms with Crippen molar-refractivity contribution in [1.82, 2.24) is 10.2 Å². The second-order valence-corrected chi connectivity index (χ2v) is 4.28. The SMILES string of the molecule is CCOC(=O)CN(CC(=O)NC(N)=O)CC(C)C. The molecule has 0 aromatic rings. The lowest BCUT2D eigenvalue weighted by Crippen LogP contribution is -2.45. The summed E-state index contributed by atoms with van der Waals surface area (Å²) >= 11 is 0. The number of nitrogens with two attached hydrogens (primary N) is 1. The Morgan fingerprint density at radius 2 is 1.89 bits per heavy atom. The van der Waals surface area contributed by atoms with Crippen molar-refractivity contribution in [1.29, 1.82) is 0 Å². The Balaban J connectivity index is 4.34. The molecule has 0 saturated carbocycles. The molecule has 0 unspecified atom stereocenters. The summed E-state index contributed by atoms with van der Waals surface area (Å²) < 4.78 is 4.81. The van der Waals surface area contributed by atoms with Crippen LogP contribution in [0.1, 0.15) is 20.8 Å². The Bertz CT molecular complexity index is 305. The first-order chi connectivity index (χ1) is 8.35. The summed E-state index contributed by atoms with van der Waals surface area (Å²) in [6.07, 6.45) is 0. The van der Waals surface area contributed by atoms with Gasteiger partial charge in [0.25, 0.3) is 0 Å². The van der Waals surface area contributed by atoms with Crippen LogP contribution in [0.3, 0.4) is 0 Å². The number of esters is 1. The molecule has 0 spiro atoms. The molecule has 3 amide bonds. The van der Waals surface area contributed by atoms with E-state index in [9.17, 15) is 14.4 Å². The van der Waals surface area contributed by atoms with Crippen LogP contribution in [-0.2, 0) is 14.3 Å². The zero-order valence-corrected chi connectivity index (χ0v) is 11.1. The number of urea groups is 1. The van der Waals surface area contributed by atoms with Crippen molar-refractivity contribution in [3.8, 4) is 0 Å². The summed E-state index contributed by atoms with van der Waals surface area (Å²) in [7, 11) is 0. The highest BCUT2D eigenvalue weighted by molar-refractivity contribution is 5.94. The Morgan fingerprint density at radius 3 is 2.33 bits per heavy atom. The molecular formula is C11H21N3O4. The number of carbonyl (C=O) groups is 3. The number of hydrogen-bond donors (Lipinski definition) is 2. The maximum absolute atomic E-state index is 11.4. The van der Waals surface area contributed by atoms with Crippen LogP contribution in [0.4, 0.5) is 4.79 Å². The fourth-order valence-corrected chi connectivity index (χ4v) is 1.47. The lowest BCUT2D eigenvalue weighted by Gasteiger charge is -2.22. The van der Waals surface area contributed by atoms with E-state index in [-0.39, 0.29) is 19.0 Å². The molecule has 0 aromatic heterocycles. The molecule has 0 bridgehead atoms. The Kier molecular flexibility index (Phi) is 7.69. The first kappa shape index (κ1) is 16.4. The number of carbonyl (C=O) groups excluding carboxylic acids is 3. The second kappa shape index (κ2) is 8.46. The summed E-state index contributed by atoms with van der Waals surface area (Å²) in [5, 5.41) is 1.96. The van der Waals surface area contributed by atoms with Crippen molar-refractivity contribution >= 4 is 17.9 Å². The third-order valence-corrected chi connectivity index (χ3v) is 1.91. The molecule has 0 aliphatic rings. The van der Waals surface area contributed by atoms with E-state index < -0.39 is 17.9 Å². The monoisotopic (exact) mass is 259 g/mol. The number of rotatable bonds is 7. The summed E-state index contributed by atoms with van der Waals surface area (Å²) in [6.45, 7) is 6.42. The predicted molar refractivity (Wildman–Crippen MR) is 65.6 cm³/mol. The van der Waals surface area contributed by atoms with Crippen LogP contribution in [0.2, 0.25) is 0 Å². The van der Waals surface area contributed by atoms with Crippen molar-refractivity contribution in [2.75, 3.05) is 26.2 Å². The molecule has 104 valence electrons. The molecule has 0 aliphatic heterocycles. The molecule has 0 aliphatic carbocycles. The lowest BCUT2D eigenvalue weighted by molar-refractivity contribution is -0.144. The molecule has 0 fully saturated rings. The van der Waals surface area contributed by atoms with E-state index in [0.29, 0.717) is 13.2 Å². The van der Waals surface area contributed by atoms with Gasteiger partial charge in [-0.2, -0.15) is 0 Å². The van der Waals surface area contributed by atoms with Crippen molar-refractivity contribution in [2.45, 2.75) is 20.8 Å². The number of hydrogen-bond acceptors (Lipinski definition) is 5. The maximum atomic E-state index is 11.4. The van der Waals surface area contributed by atoms with Gasteiger partial charge in [0.05, 0.1) is 19.7 Å². The molecule has 7 heteroatoms. The summed E-state index contributed by atoms with van der Waals surface area (Å²) in [6, 6.07) is -0.902. The molecule has 0 radical (unpaired) electrons. The van der Waals surface area contributed by atoms with Crippen LogP contribution < -0.4 is 11.1 Å². The Hall–Kier alpha value is -1.63. The van der Waals surface area contributed by atoms with E-state index in [1.165, 1.54) is 0 Å². The predicted octanol–water partition coefficient (Wildman–Crippen LogP) is -0.298. The van der Waals surface area contributed by atoms with Crippen LogP contribution >= 0.6 is 0 Å². The molecule has 0 aromatic carbocycles. The highest BCUT2D eigenvalue weighted by atomic mass is 16.5. The van der Waals surface area contributed by atoms with Gasteiger partial charge < -0.3 is 10.5 Å². The van der Waals surface area contributed by atoms with Gasteiger partial charge in [0, 0.05) is 6.54 Å². The molecule has 0 heterocycles. The van der Waals surface area contributed by atoms with Crippen molar-refractivity contribution in [2.24, 2.45) is 11.7 Å². The zero-order valence-electron chi connectivity index (χ0n) is 11.1. The molecular weight excluding hydrogens is 238 g/mol. The Morgan fingerprint density at radius 1 is 1.28 bits per heavy atom. The van der Waals surface area contributed by atoms with Gasteiger partial charge in [-0.3, -0.25) is 19.8 Å². The highest BCUT2D eigenvalue weighted by Gasteiger charge is 2.17. The van der Waals surface area contributed by atoms with Gasteiger partial charge in [0.2, 0.25) is 5.91 Å². The standard InChI is InChI=1S/C11H21N3O4/c1-4-18-10(16)7-14(5-8(2)3)6-9(15)13-11(12)17/h8H,4-7H2,1-3H3,(H3,12,13,15,17). The van der Waals surface area contributed by atoms with E-state index in [4.69, 9.17) is 10.5 Å². The number of imide groups is 1. The van der Waals surface area contributed by atoms with Gasteiger partial charge in [-0.1, -0.05) is 13.8 Å². The number of nitrogens with zero attached hydrogens (tertiary/aromatic N) is 1. The summed E-state index contributed by atoms with van der Waals surface area (Å²) in [5.74, 6) is -0.654. The number of primary amides is 1. The van der Waals surface area contributed by atoms with E-state index in [1.54, 1.807) is 11.8 Å². The van der Waals surface area contributed by atoms with Crippen molar-refractivity contribution < 1.29 is 19.1 Å². The van der Waals surface area contributed by atoms with Crippen LogP contribution in [0, 0.1) is 5.92 Å². The summed E-state index contributed by atoms with van der Waals surface area (Å²) in [5.41, 5.74) is 4.84. The smallest absolute Gasteiger partial charge is 0.320 e. The fraction of sp³-hybridized carbons (Fsp3) is 0.727. The van der Waals surface area contributed by atoms with E-state index in [2.05, 4.69) is 0 Å². The van der Waals surface area contributed by atoms with Crippen LogP contribution in [-0.4, -0.2) is 49.0 Å². The summed E-state index contributed by atoms with van der Waals surface area (Å²) in [4.78, 5) is 34.9. The average molecular weight is 259 g/mol. The molecule has 7 nitrogen and oxygen atoms in total. The van der Waals surface area contributed by atoms with Crippen LogP contribution in [0.5, 0.6) is 0 Å². The first-order valence-corrected chi connectivity index (χ1v) is 5.82. The Labute approximate surface area is 107 Å². The highest BCUT2D eigenvalue weighted by Crippen LogP contribution is 1.99. The molecule has 18 heavy (non-hydrogen) atoms. The van der Waals surface area contributed by atoms with E-state index in [1.807, 2.05) is 19.2 Å². The minimum atomic E-state index is -0.902. The quantitative estimate of drug-likeness (QED) is 0.611. The number of ether oxygens (including phenoxy) is 1. The molecule has 0 rings (SSSR count). The largest absolute Gasteiger partial charge is 0.465 e.